The molecule has 5 nitrogen and oxygen atoms in total. The van der Waals surface area contributed by atoms with Gasteiger partial charge in [0.25, 0.3) is 0 Å². The number of aryl methyl sites for hydroxylation is 1. The normalized spacial score (nSPS) is 10.5. The third kappa shape index (κ3) is 2.65. The number of benzene rings is 1. The quantitative estimate of drug-likeness (QED) is 0.641. The minimum atomic E-state index is -0.0453. The molecule has 3 N–H and O–H groups in total. The minimum absolute atomic E-state index is 0.0453. The van der Waals surface area contributed by atoms with E-state index in [-0.39, 0.29) is 5.78 Å². The highest BCUT2D eigenvalue weighted by atomic mass is 32.2. The Hall–Kier alpha value is -1.82. The van der Waals surface area contributed by atoms with Gasteiger partial charge in [0, 0.05) is 16.1 Å². The first kappa shape index (κ1) is 11.7. The van der Waals surface area contributed by atoms with Crippen LogP contribution in [-0.4, -0.2) is 21.0 Å². The smallest absolute Gasteiger partial charge is 0.213 e. The summed E-state index contributed by atoms with van der Waals surface area (Å²) in [5.41, 5.74) is 6.74. The van der Waals surface area contributed by atoms with Crippen molar-refractivity contribution in [2.45, 2.75) is 23.9 Å². The van der Waals surface area contributed by atoms with Crippen molar-refractivity contribution in [3.63, 3.8) is 0 Å². The van der Waals surface area contributed by atoms with E-state index in [1.807, 2.05) is 13.0 Å². The van der Waals surface area contributed by atoms with E-state index in [2.05, 4.69) is 15.2 Å². The van der Waals surface area contributed by atoms with Gasteiger partial charge in [0.2, 0.25) is 5.16 Å². The predicted octanol–water partition coefficient (Wildman–Crippen LogP) is 2.05. The number of aromatic nitrogens is 3. The van der Waals surface area contributed by atoms with Crippen molar-refractivity contribution in [3.8, 4) is 0 Å². The summed E-state index contributed by atoms with van der Waals surface area (Å²) >= 11 is 1.39. The lowest BCUT2D eigenvalue weighted by Gasteiger charge is -2.03. The zero-order valence-electron chi connectivity index (χ0n) is 9.52. The lowest BCUT2D eigenvalue weighted by Crippen LogP contribution is -1.99. The number of rotatable bonds is 3. The van der Waals surface area contributed by atoms with E-state index >= 15 is 0 Å². The second kappa shape index (κ2) is 4.58. The minimum Gasteiger partial charge on any atom is -0.398 e. The van der Waals surface area contributed by atoms with Gasteiger partial charge in [-0.3, -0.25) is 9.89 Å². The van der Waals surface area contributed by atoms with Crippen LogP contribution in [0, 0.1) is 6.92 Å². The number of nitrogens with zero attached hydrogens (tertiary/aromatic N) is 2. The predicted molar refractivity (Wildman–Crippen MR) is 66.1 cm³/mol. The molecule has 0 aliphatic rings. The van der Waals surface area contributed by atoms with Gasteiger partial charge in [-0.05, 0) is 43.8 Å². The van der Waals surface area contributed by atoms with Crippen LogP contribution in [0.1, 0.15) is 23.1 Å². The Morgan fingerprint density at radius 1 is 1.47 bits per heavy atom. The van der Waals surface area contributed by atoms with Crippen molar-refractivity contribution in [1.82, 2.24) is 15.2 Å². The molecule has 88 valence electrons. The van der Waals surface area contributed by atoms with E-state index in [0.29, 0.717) is 16.4 Å². The molecule has 1 aromatic heterocycles. The first-order valence-electron chi connectivity index (χ1n) is 5.03. The molecule has 0 saturated heterocycles. The maximum Gasteiger partial charge on any atom is 0.213 e. The maximum atomic E-state index is 11.3. The number of nitrogen functional groups attached to an aromatic ring is 1. The lowest BCUT2D eigenvalue weighted by molar-refractivity contribution is 0.101. The molecule has 2 rings (SSSR count). The van der Waals surface area contributed by atoms with Crippen LogP contribution < -0.4 is 5.73 Å². The number of hydrogen-bond acceptors (Lipinski definition) is 5. The van der Waals surface area contributed by atoms with E-state index in [9.17, 15) is 4.79 Å². The zero-order valence-corrected chi connectivity index (χ0v) is 10.3. The summed E-state index contributed by atoms with van der Waals surface area (Å²) in [5.74, 6) is 0.714. The highest BCUT2D eigenvalue weighted by Crippen LogP contribution is 2.27. The number of H-pyrrole nitrogens is 1. The number of nitrogens with two attached hydrogens (primary N) is 1. The molecular formula is C11H12N4OS. The molecule has 0 fully saturated rings. The topological polar surface area (TPSA) is 84.7 Å². The van der Waals surface area contributed by atoms with Crippen LogP contribution in [0.15, 0.2) is 28.3 Å². The van der Waals surface area contributed by atoms with Gasteiger partial charge in [-0.2, -0.15) is 0 Å². The summed E-state index contributed by atoms with van der Waals surface area (Å²) < 4.78 is 0. The molecule has 1 heterocycles. The Balaban J connectivity index is 2.28. The second-order valence-corrected chi connectivity index (χ2v) is 4.65. The third-order valence-electron chi connectivity index (χ3n) is 2.19. The van der Waals surface area contributed by atoms with E-state index < -0.39 is 0 Å². The van der Waals surface area contributed by atoms with Crippen molar-refractivity contribution in [2.75, 3.05) is 5.73 Å². The third-order valence-corrected chi connectivity index (χ3v) is 3.04. The number of carbonyl (C=O) groups excluding carboxylic acids is 1. The molecule has 0 amide bonds. The van der Waals surface area contributed by atoms with Crippen LogP contribution in [0.3, 0.4) is 0 Å². The van der Waals surface area contributed by atoms with Crippen LogP contribution in [0.4, 0.5) is 5.69 Å². The van der Waals surface area contributed by atoms with Gasteiger partial charge in [0.1, 0.15) is 5.82 Å². The van der Waals surface area contributed by atoms with Crippen LogP contribution in [0.25, 0.3) is 0 Å². The molecule has 0 aliphatic carbocycles. The van der Waals surface area contributed by atoms with Crippen molar-refractivity contribution in [1.29, 1.82) is 0 Å². The first-order chi connectivity index (χ1) is 8.06. The summed E-state index contributed by atoms with van der Waals surface area (Å²) in [6.07, 6.45) is 0. The van der Waals surface area contributed by atoms with Gasteiger partial charge in [-0.25, -0.2) is 4.98 Å². The summed E-state index contributed by atoms with van der Waals surface area (Å²) in [7, 11) is 0. The van der Waals surface area contributed by atoms with Gasteiger partial charge in [-0.15, -0.1) is 5.10 Å². The molecule has 6 heteroatoms. The highest BCUT2D eigenvalue weighted by molar-refractivity contribution is 7.99. The SMILES string of the molecule is CC(=O)c1cc(Sc2n[nH]c(C)n2)ccc1N. The van der Waals surface area contributed by atoms with Gasteiger partial charge < -0.3 is 5.73 Å². The number of Topliss-reactive ketones (excluding diaryl/α,β-unsaturated/α-hetero) is 1. The summed E-state index contributed by atoms with van der Waals surface area (Å²) in [6, 6.07) is 5.32. The van der Waals surface area contributed by atoms with Crippen LogP contribution >= 0.6 is 11.8 Å². The molecule has 0 spiro atoms. The number of aromatic amines is 1. The highest BCUT2D eigenvalue weighted by Gasteiger charge is 2.08. The molecule has 2 aromatic rings. The average molecular weight is 248 g/mol. The molecule has 0 saturated carbocycles. The van der Waals surface area contributed by atoms with Crippen LogP contribution in [0.2, 0.25) is 0 Å². The van der Waals surface area contributed by atoms with Crippen molar-refractivity contribution in [3.05, 3.63) is 29.6 Å². The van der Waals surface area contributed by atoms with Gasteiger partial charge >= 0.3 is 0 Å². The molecular weight excluding hydrogens is 236 g/mol. The molecule has 0 bridgehead atoms. The summed E-state index contributed by atoms with van der Waals surface area (Å²) in [5, 5.41) is 7.41. The maximum absolute atomic E-state index is 11.3. The molecule has 0 radical (unpaired) electrons. The fourth-order valence-electron chi connectivity index (χ4n) is 1.38. The Bertz CT molecular complexity index is 564. The Labute approximate surface area is 103 Å². The van der Waals surface area contributed by atoms with Gasteiger partial charge in [0.15, 0.2) is 5.78 Å². The largest absolute Gasteiger partial charge is 0.398 e. The molecule has 0 atom stereocenters. The molecule has 17 heavy (non-hydrogen) atoms. The van der Waals surface area contributed by atoms with Gasteiger partial charge in [-0.1, -0.05) is 0 Å². The number of carbonyl (C=O) groups is 1. The second-order valence-electron chi connectivity index (χ2n) is 3.61. The Kier molecular flexibility index (Phi) is 3.14. The monoisotopic (exact) mass is 248 g/mol. The van der Waals surface area contributed by atoms with E-state index in [1.165, 1.54) is 18.7 Å². The van der Waals surface area contributed by atoms with Gasteiger partial charge in [0.05, 0.1) is 0 Å². The molecule has 0 unspecified atom stereocenters. The fourth-order valence-corrected chi connectivity index (χ4v) is 2.17. The summed E-state index contributed by atoms with van der Waals surface area (Å²) in [4.78, 5) is 16.4. The van der Waals surface area contributed by atoms with Crippen LogP contribution in [0.5, 0.6) is 0 Å². The Morgan fingerprint density at radius 2 is 2.24 bits per heavy atom. The van der Waals surface area contributed by atoms with E-state index in [0.717, 1.165) is 10.7 Å². The summed E-state index contributed by atoms with van der Waals surface area (Å²) in [6.45, 7) is 3.33. The molecule has 1 aromatic carbocycles. The number of hydrogen-bond donors (Lipinski definition) is 2. The fraction of sp³-hybridized carbons (Fsp3) is 0.182. The van der Waals surface area contributed by atoms with E-state index in [1.54, 1.807) is 12.1 Å². The van der Waals surface area contributed by atoms with Crippen molar-refractivity contribution < 1.29 is 4.79 Å². The number of anilines is 1. The number of ketones is 1. The van der Waals surface area contributed by atoms with Crippen molar-refractivity contribution in [2.24, 2.45) is 0 Å². The first-order valence-corrected chi connectivity index (χ1v) is 5.85. The van der Waals surface area contributed by atoms with Crippen LogP contribution in [-0.2, 0) is 0 Å². The Morgan fingerprint density at radius 3 is 2.82 bits per heavy atom. The zero-order chi connectivity index (χ0) is 12.4. The van der Waals surface area contributed by atoms with E-state index in [4.69, 9.17) is 5.73 Å². The number of nitrogens with one attached hydrogen (secondary N) is 1. The standard InChI is InChI=1S/C11H12N4OS/c1-6(16)9-5-8(3-4-10(9)12)17-11-13-7(2)14-15-11/h3-5H,12H2,1-2H3,(H,13,14,15). The van der Waals surface area contributed by atoms with Crippen molar-refractivity contribution >= 4 is 23.2 Å². The molecule has 0 aliphatic heterocycles. The average Bonchev–Trinajstić information content (AvgIpc) is 2.66. The lowest BCUT2D eigenvalue weighted by atomic mass is 10.1.